The van der Waals surface area contributed by atoms with Gasteiger partial charge in [0.25, 0.3) is 5.91 Å². The van der Waals surface area contributed by atoms with E-state index < -0.39 is 5.82 Å². The lowest BCUT2D eigenvalue weighted by Gasteiger charge is -2.21. The standard InChI is InChI=1S/C12H15FN2O/c1-8-3-2-6-15(8)12(16)9-4-5-10(13)11(14)7-9/h4-5,7-8H,2-3,6,14H2,1H3. The lowest BCUT2D eigenvalue weighted by molar-refractivity contribution is 0.0747. The van der Waals surface area contributed by atoms with Gasteiger partial charge in [0.1, 0.15) is 5.82 Å². The summed E-state index contributed by atoms with van der Waals surface area (Å²) in [5.74, 6) is -0.539. The number of anilines is 1. The molecule has 4 heteroatoms. The average molecular weight is 222 g/mol. The van der Waals surface area contributed by atoms with Gasteiger partial charge >= 0.3 is 0 Å². The second-order valence-electron chi connectivity index (χ2n) is 4.23. The van der Waals surface area contributed by atoms with Crippen LogP contribution in [0, 0.1) is 5.82 Å². The van der Waals surface area contributed by atoms with E-state index in [-0.39, 0.29) is 17.6 Å². The molecule has 1 aromatic carbocycles. The van der Waals surface area contributed by atoms with Crippen LogP contribution < -0.4 is 5.73 Å². The Morgan fingerprint density at radius 1 is 1.56 bits per heavy atom. The van der Waals surface area contributed by atoms with E-state index in [1.165, 1.54) is 18.2 Å². The molecular formula is C12H15FN2O. The number of benzene rings is 1. The van der Waals surface area contributed by atoms with E-state index in [2.05, 4.69) is 0 Å². The zero-order chi connectivity index (χ0) is 11.7. The quantitative estimate of drug-likeness (QED) is 0.739. The van der Waals surface area contributed by atoms with Crippen LogP contribution in [-0.2, 0) is 0 Å². The molecule has 0 spiro atoms. The lowest BCUT2D eigenvalue weighted by Crippen LogP contribution is -2.33. The van der Waals surface area contributed by atoms with E-state index in [1.807, 2.05) is 11.8 Å². The molecule has 0 aliphatic carbocycles. The molecule has 0 radical (unpaired) electrons. The summed E-state index contributed by atoms with van der Waals surface area (Å²) in [6.07, 6.45) is 2.06. The molecule has 1 fully saturated rings. The lowest BCUT2D eigenvalue weighted by atomic mass is 10.1. The van der Waals surface area contributed by atoms with Crippen LogP contribution in [-0.4, -0.2) is 23.4 Å². The molecule has 2 N–H and O–H groups in total. The Balaban J connectivity index is 2.23. The van der Waals surface area contributed by atoms with Crippen LogP contribution in [0.4, 0.5) is 10.1 Å². The topological polar surface area (TPSA) is 46.3 Å². The van der Waals surface area contributed by atoms with Crippen molar-refractivity contribution in [2.24, 2.45) is 0 Å². The van der Waals surface area contributed by atoms with Crippen LogP contribution in [0.2, 0.25) is 0 Å². The Morgan fingerprint density at radius 2 is 2.31 bits per heavy atom. The van der Waals surface area contributed by atoms with Gasteiger partial charge in [-0.25, -0.2) is 4.39 Å². The molecule has 0 aromatic heterocycles. The second-order valence-corrected chi connectivity index (χ2v) is 4.23. The first-order valence-corrected chi connectivity index (χ1v) is 5.45. The first kappa shape index (κ1) is 10.9. The molecule has 2 rings (SSSR count). The third-order valence-electron chi connectivity index (χ3n) is 3.06. The van der Waals surface area contributed by atoms with E-state index in [0.717, 1.165) is 19.4 Å². The zero-order valence-corrected chi connectivity index (χ0v) is 9.24. The van der Waals surface area contributed by atoms with Crippen molar-refractivity contribution < 1.29 is 9.18 Å². The fourth-order valence-corrected chi connectivity index (χ4v) is 2.08. The number of nitrogens with two attached hydrogens (primary N) is 1. The van der Waals surface area contributed by atoms with E-state index in [4.69, 9.17) is 5.73 Å². The van der Waals surface area contributed by atoms with Crippen LogP contribution >= 0.6 is 0 Å². The number of hydrogen-bond donors (Lipinski definition) is 1. The maximum absolute atomic E-state index is 13.0. The van der Waals surface area contributed by atoms with Gasteiger partial charge < -0.3 is 10.6 Å². The summed E-state index contributed by atoms with van der Waals surface area (Å²) in [4.78, 5) is 13.9. The summed E-state index contributed by atoms with van der Waals surface area (Å²) in [6, 6.07) is 4.39. The molecule has 1 atom stereocenters. The van der Waals surface area contributed by atoms with Crippen molar-refractivity contribution >= 4 is 11.6 Å². The number of halogens is 1. The van der Waals surface area contributed by atoms with Crippen molar-refractivity contribution in [1.29, 1.82) is 0 Å². The summed E-state index contributed by atoms with van der Waals surface area (Å²) in [6.45, 7) is 2.80. The van der Waals surface area contributed by atoms with Crippen LogP contribution in [0.5, 0.6) is 0 Å². The highest BCUT2D eigenvalue weighted by atomic mass is 19.1. The Labute approximate surface area is 94.0 Å². The largest absolute Gasteiger partial charge is 0.396 e. The predicted molar refractivity (Wildman–Crippen MR) is 60.5 cm³/mol. The summed E-state index contributed by atoms with van der Waals surface area (Å²) in [5.41, 5.74) is 5.94. The van der Waals surface area contributed by atoms with E-state index in [1.54, 1.807) is 0 Å². The highest BCUT2D eigenvalue weighted by Gasteiger charge is 2.26. The monoisotopic (exact) mass is 222 g/mol. The fourth-order valence-electron chi connectivity index (χ4n) is 2.08. The highest BCUT2D eigenvalue weighted by molar-refractivity contribution is 5.95. The third-order valence-corrected chi connectivity index (χ3v) is 3.06. The minimum Gasteiger partial charge on any atom is -0.396 e. The number of nitrogens with zero attached hydrogens (tertiary/aromatic N) is 1. The van der Waals surface area contributed by atoms with Crippen molar-refractivity contribution in [3.05, 3.63) is 29.6 Å². The first-order chi connectivity index (χ1) is 7.59. The van der Waals surface area contributed by atoms with Crippen molar-refractivity contribution in [3.8, 4) is 0 Å². The van der Waals surface area contributed by atoms with Crippen molar-refractivity contribution in [2.45, 2.75) is 25.8 Å². The van der Waals surface area contributed by atoms with Gasteiger partial charge in [0, 0.05) is 18.2 Å². The summed E-state index contributed by atoms with van der Waals surface area (Å²) in [5, 5.41) is 0. The van der Waals surface area contributed by atoms with Crippen LogP contribution in [0.1, 0.15) is 30.1 Å². The summed E-state index contributed by atoms with van der Waals surface area (Å²) in [7, 11) is 0. The Morgan fingerprint density at radius 3 is 2.88 bits per heavy atom. The van der Waals surface area contributed by atoms with E-state index in [0.29, 0.717) is 5.56 Å². The Hall–Kier alpha value is -1.58. The van der Waals surface area contributed by atoms with Gasteiger partial charge in [-0.05, 0) is 38.0 Å². The number of amides is 1. The van der Waals surface area contributed by atoms with Gasteiger partial charge in [0.2, 0.25) is 0 Å². The van der Waals surface area contributed by atoms with E-state index >= 15 is 0 Å². The molecule has 1 heterocycles. The summed E-state index contributed by atoms with van der Waals surface area (Å²) < 4.78 is 13.0. The molecule has 1 aromatic rings. The molecule has 1 saturated heterocycles. The molecule has 1 aliphatic rings. The molecule has 0 saturated carbocycles. The molecule has 3 nitrogen and oxygen atoms in total. The molecule has 86 valence electrons. The van der Waals surface area contributed by atoms with Crippen molar-refractivity contribution in [2.75, 3.05) is 12.3 Å². The number of likely N-dealkylation sites (tertiary alicyclic amines) is 1. The van der Waals surface area contributed by atoms with Gasteiger partial charge in [0.15, 0.2) is 0 Å². The molecule has 0 bridgehead atoms. The first-order valence-electron chi connectivity index (χ1n) is 5.45. The van der Waals surface area contributed by atoms with Gasteiger partial charge in [-0.15, -0.1) is 0 Å². The van der Waals surface area contributed by atoms with Crippen molar-refractivity contribution in [3.63, 3.8) is 0 Å². The number of nitrogen functional groups attached to an aromatic ring is 1. The zero-order valence-electron chi connectivity index (χ0n) is 9.24. The average Bonchev–Trinajstić information content (AvgIpc) is 2.67. The maximum Gasteiger partial charge on any atom is 0.254 e. The number of rotatable bonds is 1. The van der Waals surface area contributed by atoms with Gasteiger partial charge in [-0.2, -0.15) is 0 Å². The Kier molecular flexibility index (Phi) is 2.81. The normalized spacial score (nSPS) is 20.1. The second kappa shape index (κ2) is 4.12. The van der Waals surface area contributed by atoms with E-state index in [9.17, 15) is 9.18 Å². The third kappa shape index (κ3) is 1.87. The molecule has 16 heavy (non-hydrogen) atoms. The number of hydrogen-bond acceptors (Lipinski definition) is 2. The van der Waals surface area contributed by atoms with Crippen molar-refractivity contribution in [1.82, 2.24) is 4.90 Å². The molecular weight excluding hydrogens is 207 g/mol. The Bertz CT molecular complexity index is 419. The molecule has 1 aliphatic heterocycles. The van der Waals surface area contributed by atoms with Crippen LogP contribution in [0.25, 0.3) is 0 Å². The van der Waals surface area contributed by atoms with Crippen LogP contribution in [0.15, 0.2) is 18.2 Å². The minimum absolute atomic E-state index is 0.0256. The van der Waals surface area contributed by atoms with Gasteiger partial charge in [-0.3, -0.25) is 4.79 Å². The fraction of sp³-hybridized carbons (Fsp3) is 0.417. The summed E-state index contributed by atoms with van der Waals surface area (Å²) >= 11 is 0. The van der Waals surface area contributed by atoms with Crippen LogP contribution in [0.3, 0.4) is 0 Å². The number of carbonyl (C=O) groups excluding carboxylic acids is 1. The SMILES string of the molecule is CC1CCCN1C(=O)c1ccc(F)c(N)c1. The minimum atomic E-state index is -0.481. The number of carbonyl (C=O) groups is 1. The highest BCUT2D eigenvalue weighted by Crippen LogP contribution is 2.21. The smallest absolute Gasteiger partial charge is 0.254 e. The van der Waals surface area contributed by atoms with Gasteiger partial charge in [-0.1, -0.05) is 0 Å². The maximum atomic E-state index is 13.0. The predicted octanol–water partition coefficient (Wildman–Crippen LogP) is 2.03. The molecule has 1 unspecified atom stereocenters. The molecule has 1 amide bonds. The van der Waals surface area contributed by atoms with Gasteiger partial charge in [0.05, 0.1) is 5.69 Å².